The van der Waals surface area contributed by atoms with Gasteiger partial charge in [0.1, 0.15) is 0 Å². The van der Waals surface area contributed by atoms with Crippen LogP contribution >= 0.6 is 11.3 Å². The van der Waals surface area contributed by atoms with E-state index in [4.69, 9.17) is 4.74 Å². The number of hydrogen-bond donors (Lipinski definition) is 2. The smallest absolute Gasteiger partial charge is 0.407 e. The summed E-state index contributed by atoms with van der Waals surface area (Å²) in [6, 6.07) is 1.65. The molecule has 0 aromatic carbocycles. The highest BCUT2D eigenvalue weighted by molar-refractivity contribution is 7.08. The van der Waals surface area contributed by atoms with Crippen molar-refractivity contribution in [3.63, 3.8) is 0 Å². The Labute approximate surface area is 123 Å². The molecule has 0 saturated heterocycles. The van der Waals surface area contributed by atoms with Gasteiger partial charge in [-0.25, -0.2) is 4.79 Å². The van der Waals surface area contributed by atoms with Crippen molar-refractivity contribution in [2.45, 2.75) is 33.2 Å². The second kappa shape index (κ2) is 8.58. The lowest BCUT2D eigenvalue weighted by Gasteiger charge is -2.20. The third-order valence-electron chi connectivity index (χ3n) is 2.65. The molecule has 20 heavy (non-hydrogen) atoms. The van der Waals surface area contributed by atoms with Gasteiger partial charge >= 0.3 is 6.09 Å². The predicted molar refractivity (Wildman–Crippen MR) is 80.1 cm³/mol. The molecule has 0 aliphatic rings. The largest absolute Gasteiger partial charge is 0.450 e. The minimum Gasteiger partial charge on any atom is -0.450 e. The Kier molecular flexibility index (Phi) is 7.08. The lowest BCUT2D eigenvalue weighted by molar-refractivity contribution is 0.0945. The fourth-order valence-electron chi connectivity index (χ4n) is 1.81. The number of nitrogens with one attached hydrogen (secondary N) is 2. The number of ether oxygens (including phenoxy) is 1. The first-order valence-electron chi connectivity index (χ1n) is 6.76. The molecule has 5 nitrogen and oxygen atoms in total. The van der Waals surface area contributed by atoms with Gasteiger partial charge in [0.15, 0.2) is 0 Å². The molecule has 0 radical (unpaired) electrons. The third-order valence-corrected chi connectivity index (χ3v) is 3.33. The van der Waals surface area contributed by atoms with Crippen molar-refractivity contribution in [2.75, 3.05) is 13.2 Å². The molecule has 0 saturated carbocycles. The Hall–Kier alpha value is -1.56. The van der Waals surface area contributed by atoms with Gasteiger partial charge in [0, 0.05) is 23.5 Å². The van der Waals surface area contributed by atoms with Crippen molar-refractivity contribution in [1.29, 1.82) is 0 Å². The summed E-state index contributed by atoms with van der Waals surface area (Å²) in [6.45, 7) is 6.63. The molecule has 2 amide bonds. The van der Waals surface area contributed by atoms with Crippen molar-refractivity contribution in [3.8, 4) is 0 Å². The summed E-state index contributed by atoms with van der Waals surface area (Å²) in [5, 5.41) is 9.27. The van der Waals surface area contributed by atoms with E-state index in [0.717, 1.165) is 6.42 Å². The summed E-state index contributed by atoms with van der Waals surface area (Å²) in [7, 11) is 0. The maximum absolute atomic E-state index is 11.9. The van der Waals surface area contributed by atoms with E-state index in [-0.39, 0.29) is 11.9 Å². The lowest BCUT2D eigenvalue weighted by atomic mass is 10.0. The maximum atomic E-state index is 11.9. The Bertz CT molecular complexity index is 418. The summed E-state index contributed by atoms with van der Waals surface area (Å²) < 4.78 is 4.87. The van der Waals surface area contributed by atoms with Gasteiger partial charge in [0.25, 0.3) is 5.91 Å². The molecule has 1 atom stereocenters. The summed E-state index contributed by atoms with van der Waals surface area (Å²) in [5.74, 6) is 0.297. The fourth-order valence-corrected chi connectivity index (χ4v) is 2.45. The third kappa shape index (κ3) is 6.06. The topological polar surface area (TPSA) is 67.4 Å². The maximum Gasteiger partial charge on any atom is 0.407 e. The Morgan fingerprint density at radius 3 is 2.70 bits per heavy atom. The van der Waals surface area contributed by atoms with Crippen molar-refractivity contribution >= 4 is 23.3 Å². The number of thiophene rings is 1. The van der Waals surface area contributed by atoms with Crippen LogP contribution in [0.3, 0.4) is 0 Å². The van der Waals surface area contributed by atoms with Crippen molar-refractivity contribution in [3.05, 3.63) is 22.4 Å². The number of carbonyl (C=O) groups is 2. The quantitative estimate of drug-likeness (QED) is 0.813. The van der Waals surface area contributed by atoms with E-state index in [2.05, 4.69) is 24.5 Å². The van der Waals surface area contributed by atoms with E-state index >= 15 is 0 Å². The Balaban J connectivity index is 2.47. The fraction of sp³-hybridized carbons (Fsp3) is 0.571. The lowest BCUT2D eigenvalue weighted by Crippen LogP contribution is -2.44. The highest BCUT2D eigenvalue weighted by atomic mass is 32.1. The van der Waals surface area contributed by atoms with E-state index < -0.39 is 6.09 Å². The average Bonchev–Trinajstić information content (AvgIpc) is 2.89. The summed E-state index contributed by atoms with van der Waals surface area (Å²) in [6.07, 6.45) is 0.339. The molecule has 1 unspecified atom stereocenters. The molecular formula is C14H22N2O3S. The van der Waals surface area contributed by atoms with Gasteiger partial charge in [-0.1, -0.05) is 13.8 Å². The molecule has 0 aliphatic heterocycles. The number of alkyl carbamates (subject to hydrolysis) is 1. The Morgan fingerprint density at radius 2 is 2.15 bits per heavy atom. The molecular weight excluding hydrogens is 276 g/mol. The van der Waals surface area contributed by atoms with Crippen LogP contribution in [-0.4, -0.2) is 31.2 Å². The van der Waals surface area contributed by atoms with E-state index in [9.17, 15) is 9.59 Å². The second-order valence-electron chi connectivity index (χ2n) is 4.91. The molecule has 0 bridgehead atoms. The molecule has 6 heteroatoms. The minimum absolute atomic E-state index is 0.120. The highest BCUT2D eigenvalue weighted by Gasteiger charge is 2.16. The van der Waals surface area contributed by atoms with Gasteiger partial charge in [0.2, 0.25) is 0 Å². The molecule has 1 heterocycles. The van der Waals surface area contributed by atoms with Crippen molar-refractivity contribution in [1.82, 2.24) is 10.6 Å². The normalized spacial score (nSPS) is 12.0. The van der Waals surface area contributed by atoms with E-state index in [1.165, 1.54) is 11.3 Å². The van der Waals surface area contributed by atoms with Crippen molar-refractivity contribution in [2.24, 2.45) is 5.92 Å². The van der Waals surface area contributed by atoms with Crippen LogP contribution in [0.2, 0.25) is 0 Å². The highest BCUT2D eigenvalue weighted by Crippen LogP contribution is 2.07. The number of amides is 2. The van der Waals surface area contributed by atoms with Crippen LogP contribution in [0, 0.1) is 5.92 Å². The van der Waals surface area contributed by atoms with E-state index in [1.54, 1.807) is 18.4 Å². The molecule has 0 fully saturated rings. The van der Waals surface area contributed by atoms with Crippen LogP contribution in [0.15, 0.2) is 16.8 Å². The van der Waals surface area contributed by atoms with Crippen molar-refractivity contribution < 1.29 is 14.3 Å². The SMILES string of the molecule is CCOC(=O)NC(CNC(=O)c1ccsc1)CC(C)C. The summed E-state index contributed by atoms with van der Waals surface area (Å²) >= 11 is 1.48. The van der Waals surface area contributed by atoms with E-state index in [1.807, 2.05) is 5.38 Å². The second-order valence-corrected chi connectivity index (χ2v) is 5.69. The van der Waals surface area contributed by atoms with Crippen LogP contribution in [0.25, 0.3) is 0 Å². The molecule has 1 rings (SSSR count). The molecule has 112 valence electrons. The summed E-state index contributed by atoms with van der Waals surface area (Å²) in [5.41, 5.74) is 0.648. The first-order chi connectivity index (χ1) is 9.52. The first kappa shape index (κ1) is 16.5. The number of carbonyl (C=O) groups excluding carboxylic acids is 2. The van der Waals surface area contributed by atoms with Crippen LogP contribution in [0.4, 0.5) is 4.79 Å². The molecule has 2 N–H and O–H groups in total. The van der Waals surface area contributed by atoms with Gasteiger partial charge in [-0.15, -0.1) is 0 Å². The zero-order valence-corrected chi connectivity index (χ0v) is 13.0. The predicted octanol–water partition coefficient (Wildman–Crippen LogP) is 2.64. The van der Waals surface area contributed by atoms with Crippen LogP contribution < -0.4 is 10.6 Å². The standard InChI is InChI=1S/C14H22N2O3S/c1-4-19-14(18)16-12(7-10(2)3)8-15-13(17)11-5-6-20-9-11/h5-6,9-10,12H,4,7-8H2,1-3H3,(H,15,17)(H,16,18). The van der Waals surface area contributed by atoms with Crippen LogP contribution in [0.1, 0.15) is 37.6 Å². The van der Waals surface area contributed by atoms with E-state index in [0.29, 0.717) is 24.6 Å². The number of rotatable bonds is 7. The van der Waals surface area contributed by atoms with Gasteiger partial charge in [-0.05, 0) is 30.7 Å². The van der Waals surface area contributed by atoms with Crippen LogP contribution in [0.5, 0.6) is 0 Å². The van der Waals surface area contributed by atoms with Gasteiger partial charge < -0.3 is 15.4 Å². The van der Waals surface area contributed by atoms with Gasteiger partial charge in [-0.2, -0.15) is 11.3 Å². The van der Waals surface area contributed by atoms with Crippen LogP contribution in [-0.2, 0) is 4.74 Å². The number of hydrogen-bond acceptors (Lipinski definition) is 4. The first-order valence-corrected chi connectivity index (χ1v) is 7.70. The zero-order valence-electron chi connectivity index (χ0n) is 12.1. The Morgan fingerprint density at radius 1 is 1.40 bits per heavy atom. The molecule has 0 spiro atoms. The molecule has 0 aliphatic carbocycles. The zero-order chi connectivity index (χ0) is 15.0. The monoisotopic (exact) mass is 298 g/mol. The average molecular weight is 298 g/mol. The molecule has 1 aromatic rings. The summed E-state index contributed by atoms with van der Waals surface area (Å²) in [4.78, 5) is 23.3. The molecule has 1 aromatic heterocycles. The van der Waals surface area contributed by atoms with Gasteiger partial charge in [0.05, 0.1) is 6.61 Å². The minimum atomic E-state index is -0.442. The van der Waals surface area contributed by atoms with Gasteiger partial charge in [-0.3, -0.25) is 4.79 Å².